The van der Waals surface area contributed by atoms with Crippen molar-refractivity contribution in [2.24, 2.45) is 0 Å². The molecule has 0 spiro atoms. The monoisotopic (exact) mass is 295 g/mol. The van der Waals surface area contributed by atoms with E-state index in [1.54, 1.807) is 0 Å². The minimum absolute atomic E-state index is 0.0691. The van der Waals surface area contributed by atoms with Crippen LogP contribution in [0.5, 0.6) is 0 Å². The molecular weight excluding hydrogens is 285 g/mol. The number of carbonyl (C=O) groups excluding carboxylic acids is 1. The van der Waals surface area contributed by atoms with Gasteiger partial charge in [-0.1, -0.05) is 11.1 Å². The third-order valence-corrected chi connectivity index (χ3v) is 2.98. The molecule has 4 nitrogen and oxygen atoms in total. The second-order valence-electron chi connectivity index (χ2n) is 3.76. The number of aryl methyl sites for hydroxylation is 1. The molecule has 1 rings (SSSR count). The maximum atomic E-state index is 12.8. The molecule has 106 valence electrons. The zero-order chi connectivity index (χ0) is 14.8. The number of esters is 1. The fraction of sp³-hybridized carbons (Fsp3) is 0.364. The Labute approximate surface area is 109 Å². The number of ether oxygens (including phenoxy) is 1. The van der Waals surface area contributed by atoms with Gasteiger partial charge < -0.3 is 9.29 Å². The van der Waals surface area contributed by atoms with Crippen LogP contribution in [0.1, 0.15) is 27.0 Å². The molecule has 1 aromatic rings. The van der Waals surface area contributed by atoms with Crippen LogP contribution in [-0.4, -0.2) is 21.8 Å². The number of methoxy groups -OCH3 is 1. The lowest BCUT2D eigenvalue weighted by molar-refractivity contribution is -0.138. The van der Waals surface area contributed by atoms with E-state index >= 15 is 0 Å². The lowest BCUT2D eigenvalue weighted by Gasteiger charge is -2.16. The normalized spacial score (nSPS) is 13.2. The Balaban J connectivity index is 3.45. The molecule has 0 aromatic heterocycles. The molecule has 1 aromatic carbocycles. The van der Waals surface area contributed by atoms with E-state index in [0.29, 0.717) is 0 Å². The van der Waals surface area contributed by atoms with Crippen molar-refractivity contribution >= 4 is 17.0 Å². The van der Waals surface area contributed by atoms with Gasteiger partial charge >= 0.3 is 12.1 Å². The van der Waals surface area contributed by atoms with Crippen LogP contribution in [0.15, 0.2) is 12.1 Å². The van der Waals surface area contributed by atoms with Crippen LogP contribution in [-0.2, 0) is 27.7 Å². The van der Waals surface area contributed by atoms with Crippen molar-refractivity contribution in [3.8, 4) is 0 Å². The highest BCUT2D eigenvalue weighted by atomic mass is 32.2. The summed E-state index contributed by atoms with van der Waals surface area (Å²) in [5, 5.41) is 0. The van der Waals surface area contributed by atoms with Crippen molar-refractivity contribution in [3.63, 3.8) is 0 Å². The number of hydrogen-bond acceptors (Lipinski definition) is 4. The van der Waals surface area contributed by atoms with Crippen LogP contribution in [0, 0.1) is 6.92 Å². The summed E-state index contributed by atoms with van der Waals surface area (Å²) in [4.78, 5) is 11.4. The zero-order valence-electron chi connectivity index (χ0n) is 10.0. The molecule has 8 heteroatoms. The molecule has 0 radical (unpaired) electrons. The fourth-order valence-corrected chi connectivity index (χ4v) is 2.09. The van der Waals surface area contributed by atoms with Gasteiger partial charge in [0.05, 0.1) is 18.2 Å². The van der Waals surface area contributed by atoms with Gasteiger partial charge in [0.2, 0.25) is 0 Å². The Hall–Kier alpha value is -1.41. The summed E-state index contributed by atoms with van der Waals surface area (Å²) in [5.41, 5.74) is -1.57. The first kappa shape index (κ1) is 15.6. The number of rotatable bonds is 3. The van der Waals surface area contributed by atoms with Crippen molar-refractivity contribution in [1.82, 2.24) is 0 Å². The van der Waals surface area contributed by atoms with Gasteiger partial charge in [0.1, 0.15) is 0 Å². The largest absolute Gasteiger partial charge is 0.772 e. The molecule has 0 fully saturated rings. The van der Waals surface area contributed by atoms with Gasteiger partial charge in [-0.05, 0) is 30.2 Å². The highest BCUT2D eigenvalue weighted by molar-refractivity contribution is 7.78. The Morgan fingerprint density at radius 1 is 1.42 bits per heavy atom. The second kappa shape index (κ2) is 5.70. The molecule has 1 unspecified atom stereocenters. The molecule has 0 aliphatic rings. The van der Waals surface area contributed by atoms with E-state index in [4.69, 9.17) is 0 Å². The number of benzene rings is 1. The molecule has 0 aliphatic carbocycles. The summed E-state index contributed by atoms with van der Waals surface area (Å²) in [6.07, 6.45) is -4.69. The third kappa shape index (κ3) is 3.77. The SMILES string of the molecule is COC(=O)c1cc(CS(=O)[O-])c(C(F)(F)F)cc1C. The average molecular weight is 295 g/mol. The fourth-order valence-electron chi connectivity index (χ4n) is 1.59. The van der Waals surface area contributed by atoms with Crippen molar-refractivity contribution in [1.29, 1.82) is 0 Å². The van der Waals surface area contributed by atoms with Crippen LogP contribution in [0.3, 0.4) is 0 Å². The van der Waals surface area contributed by atoms with Crippen LogP contribution >= 0.6 is 0 Å². The summed E-state index contributed by atoms with van der Waals surface area (Å²) in [7, 11) is 1.09. The molecule has 19 heavy (non-hydrogen) atoms. The first-order chi connectivity index (χ1) is 8.66. The minimum Gasteiger partial charge on any atom is -0.772 e. The van der Waals surface area contributed by atoms with E-state index in [-0.39, 0.29) is 11.1 Å². The second-order valence-corrected chi connectivity index (χ2v) is 4.66. The van der Waals surface area contributed by atoms with Crippen LogP contribution in [0.4, 0.5) is 13.2 Å². The van der Waals surface area contributed by atoms with Crippen LogP contribution < -0.4 is 0 Å². The van der Waals surface area contributed by atoms with E-state index in [0.717, 1.165) is 19.2 Å². The quantitative estimate of drug-likeness (QED) is 0.633. The Morgan fingerprint density at radius 3 is 2.42 bits per heavy atom. The van der Waals surface area contributed by atoms with Gasteiger partial charge in [-0.3, -0.25) is 4.21 Å². The molecule has 0 saturated carbocycles. The third-order valence-electron chi connectivity index (χ3n) is 2.43. The van der Waals surface area contributed by atoms with E-state index in [9.17, 15) is 26.7 Å². The predicted octanol–water partition coefficient (Wildman–Crippen LogP) is 2.18. The standard InChI is InChI=1S/C11H11F3O4S/c1-6-3-9(11(12,13)14)7(5-19(16)17)4-8(6)10(15)18-2/h3-4H,5H2,1-2H3,(H,16,17)/p-1. The Kier molecular flexibility index (Phi) is 4.70. The minimum atomic E-state index is -4.69. The molecular formula is C11H10F3O4S-. The van der Waals surface area contributed by atoms with Gasteiger partial charge in [0.15, 0.2) is 0 Å². The topological polar surface area (TPSA) is 66.4 Å². The summed E-state index contributed by atoms with van der Waals surface area (Å²) in [5.74, 6) is -1.64. The molecule has 0 saturated heterocycles. The maximum absolute atomic E-state index is 12.8. The van der Waals surface area contributed by atoms with E-state index in [1.807, 2.05) is 0 Å². The highest BCUT2D eigenvalue weighted by Crippen LogP contribution is 2.34. The van der Waals surface area contributed by atoms with Gasteiger partial charge in [0, 0.05) is 5.75 Å². The predicted molar refractivity (Wildman–Crippen MR) is 60.1 cm³/mol. The molecule has 0 aliphatic heterocycles. The van der Waals surface area contributed by atoms with Gasteiger partial charge in [-0.15, -0.1) is 0 Å². The van der Waals surface area contributed by atoms with Crippen molar-refractivity contribution in [2.75, 3.05) is 7.11 Å². The van der Waals surface area contributed by atoms with E-state index in [1.165, 1.54) is 6.92 Å². The lowest BCUT2D eigenvalue weighted by Crippen LogP contribution is -2.14. The lowest BCUT2D eigenvalue weighted by atomic mass is 9.99. The number of hydrogen-bond donors (Lipinski definition) is 0. The van der Waals surface area contributed by atoms with Crippen LogP contribution in [0.2, 0.25) is 0 Å². The molecule has 0 heterocycles. The number of halogens is 3. The molecule has 0 bridgehead atoms. The first-order valence-corrected chi connectivity index (χ1v) is 6.26. The van der Waals surface area contributed by atoms with Gasteiger partial charge in [0.25, 0.3) is 0 Å². The summed E-state index contributed by atoms with van der Waals surface area (Å²) in [6.45, 7) is 1.32. The van der Waals surface area contributed by atoms with E-state index < -0.39 is 40.1 Å². The average Bonchev–Trinajstić information content (AvgIpc) is 2.28. The Morgan fingerprint density at radius 2 is 2.00 bits per heavy atom. The first-order valence-electron chi connectivity index (χ1n) is 5.01. The van der Waals surface area contributed by atoms with Crippen molar-refractivity contribution < 1.29 is 31.5 Å². The summed E-state index contributed by atoms with van der Waals surface area (Å²) in [6, 6.07) is 1.65. The summed E-state index contributed by atoms with van der Waals surface area (Å²) >= 11 is -2.69. The number of carbonyl (C=O) groups is 1. The Bertz CT molecular complexity index is 525. The zero-order valence-corrected chi connectivity index (χ0v) is 10.9. The number of alkyl halides is 3. The van der Waals surface area contributed by atoms with Crippen molar-refractivity contribution in [2.45, 2.75) is 18.9 Å². The van der Waals surface area contributed by atoms with Gasteiger partial charge in [-0.2, -0.15) is 13.2 Å². The molecule has 0 amide bonds. The van der Waals surface area contributed by atoms with E-state index in [2.05, 4.69) is 4.74 Å². The molecule has 0 N–H and O–H groups in total. The maximum Gasteiger partial charge on any atom is 0.416 e. The van der Waals surface area contributed by atoms with Crippen LogP contribution in [0.25, 0.3) is 0 Å². The summed E-state index contributed by atoms with van der Waals surface area (Å²) < 4.78 is 64.0. The smallest absolute Gasteiger partial charge is 0.416 e. The van der Waals surface area contributed by atoms with Gasteiger partial charge in [-0.25, -0.2) is 4.79 Å². The van der Waals surface area contributed by atoms with Crippen molar-refractivity contribution in [3.05, 3.63) is 34.4 Å². The molecule has 1 atom stereocenters. The highest BCUT2D eigenvalue weighted by Gasteiger charge is 2.34.